The number of halogens is 1. The maximum atomic E-state index is 13.6. The van der Waals surface area contributed by atoms with Gasteiger partial charge in [-0.1, -0.05) is 6.07 Å². The number of ether oxygens (including phenoxy) is 2. The lowest BCUT2D eigenvalue weighted by molar-refractivity contribution is 0.350. The largest absolute Gasteiger partial charge is 0.493 e. The van der Waals surface area contributed by atoms with Crippen molar-refractivity contribution in [2.45, 2.75) is 24.8 Å². The smallest absolute Gasteiger partial charge is 0.165 e. The molecule has 124 valence electrons. The van der Waals surface area contributed by atoms with Crippen LogP contribution in [-0.2, 0) is 0 Å². The minimum atomic E-state index is -0.258. The highest BCUT2D eigenvalue weighted by Gasteiger charge is 2.18. The Kier molecular flexibility index (Phi) is 5.77. The standard InChI is InChI=1S/C18H22FNO2S/c1-11-8-14(18(22-4)16(9-11)21-3)12(2)20-15-10-13(19)6-7-17(15)23-5/h6-10,12,20H,1-5H3. The Morgan fingerprint density at radius 3 is 2.48 bits per heavy atom. The summed E-state index contributed by atoms with van der Waals surface area (Å²) < 4.78 is 24.5. The van der Waals surface area contributed by atoms with Gasteiger partial charge in [-0.05, 0) is 49.9 Å². The highest BCUT2D eigenvalue weighted by atomic mass is 32.2. The highest BCUT2D eigenvalue weighted by molar-refractivity contribution is 7.98. The Balaban J connectivity index is 2.40. The monoisotopic (exact) mass is 335 g/mol. The van der Waals surface area contributed by atoms with Gasteiger partial charge in [-0.3, -0.25) is 0 Å². The lowest BCUT2D eigenvalue weighted by Gasteiger charge is -2.22. The van der Waals surface area contributed by atoms with E-state index < -0.39 is 0 Å². The van der Waals surface area contributed by atoms with Gasteiger partial charge in [-0.25, -0.2) is 4.39 Å². The molecule has 0 saturated heterocycles. The van der Waals surface area contributed by atoms with Crippen LogP contribution in [0.4, 0.5) is 10.1 Å². The van der Waals surface area contributed by atoms with Crippen LogP contribution in [0.1, 0.15) is 24.1 Å². The summed E-state index contributed by atoms with van der Waals surface area (Å²) in [5.41, 5.74) is 2.82. The van der Waals surface area contributed by atoms with E-state index in [1.165, 1.54) is 12.1 Å². The fraction of sp³-hybridized carbons (Fsp3) is 0.333. The van der Waals surface area contributed by atoms with Crippen LogP contribution in [0.3, 0.4) is 0 Å². The van der Waals surface area contributed by atoms with E-state index in [1.807, 2.05) is 26.2 Å². The van der Waals surface area contributed by atoms with Gasteiger partial charge >= 0.3 is 0 Å². The molecule has 0 saturated carbocycles. The molecule has 1 atom stereocenters. The molecule has 1 N–H and O–H groups in total. The summed E-state index contributed by atoms with van der Waals surface area (Å²) >= 11 is 1.58. The summed E-state index contributed by atoms with van der Waals surface area (Å²) in [6, 6.07) is 8.69. The summed E-state index contributed by atoms with van der Waals surface area (Å²) in [7, 11) is 3.25. The zero-order valence-corrected chi connectivity index (χ0v) is 14.9. The van der Waals surface area contributed by atoms with E-state index in [9.17, 15) is 4.39 Å². The number of hydrogen-bond donors (Lipinski definition) is 1. The van der Waals surface area contributed by atoms with E-state index in [1.54, 1.807) is 32.0 Å². The van der Waals surface area contributed by atoms with Gasteiger partial charge in [0.25, 0.3) is 0 Å². The van der Waals surface area contributed by atoms with Crippen LogP contribution in [0, 0.1) is 12.7 Å². The summed E-state index contributed by atoms with van der Waals surface area (Å²) in [6.07, 6.45) is 1.97. The predicted octanol–water partition coefficient (Wildman–Crippen LogP) is 5.05. The van der Waals surface area contributed by atoms with E-state index >= 15 is 0 Å². The van der Waals surface area contributed by atoms with Crippen molar-refractivity contribution in [2.24, 2.45) is 0 Å². The van der Waals surface area contributed by atoms with Gasteiger partial charge in [-0.2, -0.15) is 0 Å². The van der Waals surface area contributed by atoms with Gasteiger partial charge in [0.1, 0.15) is 5.82 Å². The number of thioether (sulfide) groups is 1. The topological polar surface area (TPSA) is 30.5 Å². The number of hydrogen-bond acceptors (Lipinski definition) is 4. The first-order valence-electron chi connectivity index (χ1n) is 7.32. The number of rotatable bonds is 6. The van der Waals surface area contributed by atoms with Crippen molar-refractivity contribution in [3.63, 3.8) is 0 Å². The average Bonchev–Trinajstić information content (AvgIpc) is 2.54. The Hall–Kier alpha value is -1.88. The molecular formula is C18H22FNO2S. The van der Waals surface area contributed by atoms with Gasteiger partial charge in [0.15, 0.2) is 11.5 Å². The fourth-order valence-corrected chi connectivity index (χ4v) is 3.10. The first-order chi connectivity index (χ1) is 11.0. The van der Waals surface area contributed by atoms with Crippen LogP contribution in [0.2, 0.25) is 0 Å². The van der Waals surface area contributed by atoms with Crippen molar-refractivity contribution >= 4 is 17.4 Å². The zero-order valence-electron chi connectivity index (χ0n) is 14.1. The van der Waals surface area contributed by atoms with Crippen molar-refractivity contribution in [3.05, 3.63) is 47.3 Å². The summed E-state index contributed by atoms with van der Waals surface area (Å²) in [5.74, 6) is 1.13. The van der Waals surface area contributed by atoms with Gasteiger partial charge in [0, 0.05) is 10.5 Å². The van der Waals surface area contributed by atoms with Crippen LogP contribution >= 0.6 is 11.8 Å². The second-order valence-electron chi connectivity index (χ2n) is 5.30. The predicted molar refractivity (Wildman–Crippen MR) is 94.5 cm³/mol. The SMILES string of the molecule is COc1cc(C)cc(C(C)Nc2cc(F)ccc2SC)c1OC. The molecule has 0 radical (unpaired) electrons. The Bertz CT molecular complexity index is 691. The van der Waals surface area contributed by atoms with Crippen molar-refractivity contribution in [1.29, 1.82) is 0 Å². The molecule has 0 aliphatic rings. The summed E-state index contributed by atoms with van der Waals surface area (Å²) in [4.78, 5) is 0.997. The maximum Gasteiger partial charge on any atom is 0.165 e. The van der Waals surface area contributed by atoms with Crippen LogP contribution in [0.15, 0.2) is 35.2 Å². The van der Waals surface area contributed by atoms with Crippen molar-refractivity contribution < 1.29 is 13.9 Å². The van der Waals surface area contributed by atoms with E-state index in [-0.39, 0.29) is 11.9 Å². The molecule has 0 spiro atoms. The van der Waals surface area contributed by atoms with E-state index in [2.05, 4.69) is 11.4 Å². The van der Waals surface area contributed by atoms with Gasteiger partial charge in [-0.15, -0.1) is 11.8 Å². The minimum Gasteiger partial charge on any atom is -0.493 e. The summed E-state index contributed by atoms with van der Waals surface area (Å²) in [6.45, 7) is 4.03. The normalized spacial score (nSPS) is 11.9. The number of methoxy groups -OCH3 is 2. The number of aryl methyl sites for hydroxylation is 1. The van der Waals surface area contributed by atoms with E-state index in [0.717, 1.165) is 21.7 Å². The molecule has 5 heteroatoms. The lowest BCUT2D eigenvalue weighted by Crippen LogP contribution is -2.10. The molecule has 3 nitrogen and oxygen atoms in total. The Morgan fingerprint density at radius 1 is 1.13 bits per heavy atom. The second kappa shape index (κ2) is 7.59. The van der Waals surface area contributed by atoms with Crippen molar-refractivity contribution in [1.82, 2.24) is 0 Å². The van der Waals surface area contributed by atoms with E-state index in [0.29, 0.717) is 11.5 Å². The molecular weight excluding hydrogens is 313 g/mol. The Labute approximate surface area is 141 Å². The number of benzene rings is 2. The third-order valence-electron chi connectivity index (χ3n) is 3.65. The second-order valence-corrected chi connectivity index (χ2v) is 6.15. The summed E-state index contributed by atoms with van der Waals surface area (Å²) in [5, 5.41) is 3.38. The fourth-order valence-electron chi connectivity index (χ4n) is 2.56. The first-order valence-corrected chi connectivity index (χ1v) is 8.55. The first kappa shape index (κ1) is 17.5. The molecule has 2 aromatic rings. The molecule has 0 heterocycles. The quantitative estimate of drug-likeness (QED) is 0.749. The third kappa shape index (κ3) is 3.91. The maximum absolute atomic E-state index is 13.6. The highest BCUT2D eigenvalue weighted by Crippen LogP contribution is 2.38. The van der Waals surface area contributed by atoms with Gasteiger partial charge in [0.05, 0.1) is 25.9 Å². The van der Waals surface area contributed by atoms with Crippen LogP contribution in [-0.4, -0.2) is 20.5 Å². The molecule has 0 amide bonds. The molecule has 23 heavy (non-hydrogen) atoms. The number of nitrogens with one attached hydrogen (secondary N) is 1. The average molecular weight is 335 g/mol. The van der Waals surface area contributed by atoms with E-state index in [4.69, 9.17) is 9.47 Å². The molecule has 0 aromatic heterocycles. The molecule has 1 unspecified atom stereocenters. The molecule has 2 rings (SSSR count). The lowest BCUT2D eigenvalue weighted by atomic mass is 10.0. The van der Waals surface area contributed by atoms with Gasteiger partial charge < -0.3 is 14.8 Å². The van der Waals surface area contributed by atoms with Crippen LogP contribution in [0.25, 0.3) is 0 Å². The molecule has 2 aromatic carbocycles. The third-order valence-corrected chi connectivity index (χ3v) is 4.45. The minimum absolute atomic E-state index is 0.0635. The molecule has 0 aliphatic carbocycles. The molecule has 0 aliphatic heterocycles. The number of anilines is 1. The van der Waals surface area contributed by atoms with Crippen LogP contribution in [0.5, 0.6) is 11.5 Å². The Morgan fingerprint density at radius 2 is 1.87 bits per heavy atom. The zero-order chi connectivity index (χ0) is 17.0. The van der Waals surface area contributed by atoms with Crippen molar-refractivity contribution in [2.75, 3.05) is 25.8 Å². The molecule has 0 fully saturated rings. The van der Waals surface area contributed by atoms with Gasteiger partial charge in [0.2, 0.25) is 0 Å². The van der Waals surface area contributed by atoms with Crippen LogP contribution < -0.4 is 14.8 Å². The molecule has 0 bridgehead atoms. The van der Waals surface area contributed by atoms with Crippen molar-refractivity contribution in [3.8, 4) is 11.5 Å².